The molecule has 0 aliphatic rings. The van der Waals surface area contributed by atoms with Crippen LogP contribution in [-0.4, -0.2) is 19.8 Å². The van der Waals surface area contributed by atoms with E-state index in [0.717, 1.165) is 20.8 Å². The van der Waals surface area contributed by atoms with Crippen LogP contribution < -0.4 is 14.2 Å². The number of benzene rings is 2. The molecule has 2 aromatic rings. The van der Waals surface area contributed by atoms with Gasteiger partial charge in [-0.25, -0.2) is 0 Å². The highest BCUT2D eigenvalue weighted by molar-refractivity contribution is 14.1. The second-order valence-corrected chi connectivity index (χ2v) is 5.17. The van der Waals surface area contributed by atoms with Crippen molar-refractivity contribution in [2.45, 2.75) is 6.92 Å². The molecule has 0 heterocycles. The van der Waals surface area contributed by atoms with Crippen molar-refractivity contribution < 1.29 is 14.2 Å². The minimum absolute atomic E-state index is 0.481. The summed E-state index contributed by atoms with van der Waals surface area (Å²) in [6.45, 7) is 3.56. The van der Waals surface area contributed by atoms with Gasteiger partial charge >= 0.3 is 0 Å². The lowest BCUT2D eigenvalue weighted by atomic mass is 10.3. The Morgan fingerprint density at radius 1 is 0.750 bits per heavy atom. The monoisotopic (exact) mass is 384 g/mol. The first-order valence-corrected chi connectivity index (χ1v) is 7.61. The number of hydrogen-bond donors (Lipinski definition) is 0. The molecule has 2 aromatic carbocycles. The molecule has 2 rings (SSSR count). The Morgan fingerprint density at radius 3 is 1.85 bits per heavy atom. The Morgan fingerprint density at radius 2 is 1.25 bits per heavy atom. The molecule has 0 aliphatic carbocycles. The predicted molar refractivity (Wildman–Crippen MR) is 87.8 cm³/mol. The SMILES string of the molecule is CCOc1ccccc1OCCOc1ccccc1I. The summed E-state index contributed by atoms with van der Waals surface area (Å²) in [5.74, 6) is 2.40. The summed E-state index contributed by atoms with van der Waals surface area (Å²) in [5, 5.41) is 0. The largest absolute Gasteiger partial charge is 0.490 e. The first kappa shape index (κ1) is 15.0. The van der Waals surface area contributed by atoms with Crippen molar-refractivity contribution in [1.82, 2.24) is 0 Å². The summed E-state index contributed by atoms with van der Waals surface area (Å²) in [7, 11) is 0. The third kappa shape index (κ3) is 4.30. The van der Waals surface area contributed by atoms with Gasteiger partial charge in [-0.2, -0.15) is 0 Å². The van der Waals surface area contributed by atoms with Gasteiger partial charge in [-0.05, 0) is 53.8 Å². The van der Waals surface area contributed by atoms with Crippen molar-refractivity contribution in [2.75, 3.05) is 19.8 Å². The van der Waals surface area contributed by atoms with Gasteiger partial charge in [-0.1, -0.05) is 24.3 Å². The van der Waals surface area contributed by atoms with Gasteiger partial charge in [-0.15, -0.1) is 0 Å². The zero-order chi connectivity index (χ0) is 14.2. The lowest BCUT2D eigenvalue weighted by molar-refractivity contribution is 0.207. The standard InChI is InChI=1S/C16H17IO3/c1-2-18-15-9-5-6-10-16(15)20-12-11-19-14-8-4-3-7-13(14)17/h3-10H,2,11-12H2,1H3. The van der Waals surface area contributed by atoms with E-state index in [2.05, 4.69) is 22.6 Å². The number of halogens is 1. The second-order valence-electron chi connectivity index (χ2n) is 4.01. The normalized spacial score (nSPS) is 10.1. The van der Waals surface area contributed by atoms with E-state index < -0.39 is 0 Å². The number of rotatable bonds is 7. The van der Waals surface area contributed by atoms with Crippen molar-refractivity contribution in [3.05, 3.63) is 52.1 Å². The number of ether oxygens (including phenoxy) is 3. The Kier molecular flexibility index (Phi) is 5.98. The molecule has 0 radical (unpaired) electrons. The zero-order valence-electron chi connectivity index (χ0n) is 11.3. The van der Waals surface area contributed by atoms with E-state index in [4.69, 9.17) is 14.2 Å². The fourth-order valence-corrected chi connectivity index (χ4v) is 2.25. The predicted octanol–water partition coefficient (Wildman–Crippen LogP) is 4.15. The first-order valence-electron chi connectivity index (χ1n) is 6.53. The van der Waals surface area contributed by atoms with Crippen molar-refractivity contribution >= 4 is 22.6 Å². The van der Waals surface area contributed by atoms with Crippen molar-refractivity contribution in [1.29, 1.82) is 0 Å². The minimum atomic E-state index is 0.481. The fraction of sp³-hybridized carbons (Fsp3) is 0.250. The van der Waals surface area contributed by atoms with Gasteiger partial charge in [0.05, 0.1) is 10.2 Å². The molecular formula is C16H17IO3. The van der Waals surface area contributed by atoms with Crippen LogP contribution in [0.1, 0.15) is 6.92 Å². The van der Waals surface area contributed by atoms with Crippen LogP contribution in [-0.2, 0) is 0 Å². The van der Waals surface area contributed by atoms with E-state index in [1.54, 1.807) is 0 Å². The summed E-state index contributed by atoms with van der Waals surface area (Å²) >= 11 is 2.25. The van der Waals surface area contributed by atoms with Gasteiger partial charge in [0, 0.05) is 0 Å². The molecule has 0 N–H and O–H groups in total. The Labute approximate surface area is 133 Å². The van der Waals surface area contributed by atoms with Crippen LogP contribution in [0.5, 0.6) is 17.2 Å². The topological polar surface area (TPSA) is 27.7 Å². The molecule has 3 nitrogen and oxygen atoms in total. The van der Waals surface area contributed by atoms with Gasteiger partial charge < -0.3 is 14.2 Å². The highest BCUT2D eigenvalue weighted by Crippen LogP contribution is 2.26. The molecule has 0 aromatic heterocycles. The van der Waals surface area contributed by atoms with Crippen LogP contribution >= 0.6 is 22.6 Å². The highest BCUT2D eigenvalue weighted by atomic mass is 127. The molecule has 106 valence electrons. The molecular weight excluding hydrogens is 367 g/mol. The fourth-order valence-electron chi connectivity index (χ4n) is 1.71. The molecule has 0 unspecified atom stereocenters. The third-order valence-corrected chi connectivity index (χ3v) is 3.48. The molecule has 20 heavy (non-hydrogen) atoms. The van der Waals surface area contributed by atoms with E-state index in [1.807, 2.05) is 55.5 Å². The highest BCUT2D eigenvalue weighted by Gasteiger charge is 2.04. The molecule has 4 heteroatoms. The number of hydrogen-bond acceptors (Lipinski definition) is 3. The smallest absolute Gasteiger partial charge is 0.161 e. The lowest BCUT2D eigenvalue weighted by Gasteiger charge is -2.12. The Balaban J connectivity index is 1.83. The quantitative estimate of drug-likeness (QED) is 0.530. The molecule has 0 saturated carbocycles. The van der Waals surface area contributed by atoms with Crippen LogP contribution in [0.25, 0.3) is 0 Å². The molecule has 0 atom stereocenters. The molecule has 0 bridgehead atoms. The van der Waals surface area contributed by atoms with Crippen LogP contribution in [0.3, 0.4) is 0 Å². The van der Waals surface area contributed by atoms with Crippen molar-refractivity contribution in [3.8, 4) is 17.2 Å². The number of para-hydroxylation sites is 3. The zero-order valence-corrected chi connectivity index (χ0v) is 13.5. The summed E-state index contributed by atoms with van der Waals surface area (Å²) in [5.41, 5.74) is 0. The molecule has 0 fully saturated rings. The van der Waals surface area contributed by atoms with Crippen molar-refractivity contribution in [3.63, 3.8) is 0 Å². The van der Waals surface area contributed by atoms with Crippen LogP contribution in [0.4, 0.5) is 0 Å². The molecule has 0 spiro atoms. The van der Waals surface area contributed by atoms with Gasteiger partial charge in [0.15, 0.2) is 11.5 Å². The van der Waals surface area contributed by atoms with Gasteiger partial charge in [0.1, 0.15) is 19.0 Å². The van der Waals surface area contributed by atoms with E-state index in [-0.39, 0.29) is 0 Å². The Bertz CT molecular complexity index is 543. The maximum Gasteiger partial charge on any atom is 0.161 e. The van der Waals surface area contributed by atoms with Crippen molar-refractivity contribution in [2.24, 2.45) is 0 Å². The van der Waals surface area contributed by atoms with Gasteiger partial charge in [0.2, 0.25) is 0 Å². The van der Waals surface area contributed by atoms with E-state index in [0.29, 0.717) is 19.8 Å². The maximum atomic E-state index is 5.70. The second kappa shape index (κ2) is 7.99. The molecule has 0 aliphatic heterocycles. The van der Waals surface area contributed by atoms with Crippen LogP contribution in [0.15, 0.2) is 48.5 Å². The van der Waals surface area contributed by atoms with Gasteiger partial charge in [-0.3, -0.25) is 0 Å². The Hall–Kier alpha value is -1.43. The molecule has 0 saturated heterocycles. The summed E-state index contributed by atoms with van der Waals surface area (Å²) in [4.78, 5) is 0. The third-order valence-electron chi connectivity index (χ3n) is 2.58. The van der Waals surface area contributed by atoms with Crippen LogP contribution in [0.2, 0.25) is 0 Å². The summed E-state index contributed by atoms with van der Waals surface area (Å²) in [6, 6.07) is 15.6. The summed E-state index contributed by atoms with van der Waals surface area (Å²) < 4.78 is 18.0. The summed E-state index contributed by atoms with van der Waals surface area (Å²) in [6.07, 6.45) is 0. The minimum Gasteiger partial charge on any atom is -0.490 e. The van der Waals surface area contributed by atoms with Crippen LogP contribution in [0, 0.1) is 3.57 Å². The lowest BCUT2D eigenvalue weighted by Crippen LogP contribution is -2.10. The van der Waals surface area contributed by atoms with E-state index in [9.17, 15) is 0 Å². The maximum absolute atomic E-state index is 5.70. The van der Waals surface area contributed by atoms with E-state index >= 15 is 0 Å². The first-order chi connectivity index (χ1) is 9.81. The van der Waals surface area contributed by atoms with Gasteiger partial charge in [0.25, 0.3) is 0 Å². The van der Waals surface area contributed by atoms with E-state index in [1.165, 1.54) is 0 Å². The average molecular weight is 384 g/mol. The molecule has 0 amide bonds. The average Bonchev–Trinajstić information content (AvgIpc) is 2.47.